The Morgan fingerprint density at radius 1 is 1.23 bits per heavy atom. The fourth-order valence-corrected chi connectivity index (χ4v) is 3.05. The zero-order chi connectivity index (χ0) is 18.9. The lowest BCUT2D eigenvalue weighted by Gasteiger charge is -2.08. The lowest BCUT2D eigenvalue weighted by molar-refractivity contribution is -0.116. The first-order valence-corrected chi connectivity index (χ1v) is 10.1. The quantitative estimate of drug-likeness (QED) is 0.485. The van der Waals surface area contributed by atoms with Crippen LogP contribution in [0.3, 0.4) is 0 Å². The van der Waals surface area contributed by atoms with E-state index in [4.69, 9.17) is 0 Å². The highest BCUT2D eigenvalue weighted by Gasteiger charge is 2.14. The van der Waals surface area contributed by atoms with Crippen LogP contribution in [-0.4, -0.2) is 34.1 Å². The van der Waals surface area contributed by atoms with Crippen LogP contribution in [0.2, 0.25) is 0 Å². The second-order valence-electron chi connectivity index (χ2n) is 5.62. The van der Waals surface area contributed by atoms with E-state index in [1.54, 1.807) is 6.20 Å². The molecule has 0 fully saturated rings. The number of anilines is 1. The van der Waals surface area contributed by atoms with E-state index >= 15 is 0 Å². The number of nitrogens with one attached hydrogen (secondary N) is 2. The monoisotopic (exact) mass is 436 g/mol. The molecule has 1 heterocycles. The van der Waals surface area contributed by atoms with Gasteiger partial charge in [-0.3, -0.25) is 9.59 Å². The summed E-state index contributed by atoms with van der Waals surface area (Å²) in [6, 6.07) is 7.55. The van der Waals surface area contributed by atoms with E-state index in [9.17, 15) is 9.59 Å². The number of thioether (sulfide) groups is 1. The summed E-state index contributed by atoms with van der Waals surface area (Å²) in [5.74, 6) is 0.401. The van der Waals surface area contributed by atoms with Gasteiger partial charge in [0.1, 0.15) is 5.69 Å². The molecule has 1 aromatic heterocycles. The number of nitrogens with zero attached hydrogens (tertiary/aromatic N) is 2. The van der Waals surface area contributed by atoms with E-state index in [1.165, 1.54) is 11.8 Å². The summed E-state index contributed by atoms with van der Waals surface area (Å²) in [6.45, 7) is 4.28. The number of carbonyl (C=O) groups excluding carboxylic acids is 2. The first-order chi connectivity index (χ1) is 12.5. The van der Waals surface area contributed by atoms with Gasteiger partial charge in [-0.2, -0.15) is 0 Å². The Bertz CT molecular complexity index is 768. The Kier molecular flexibility index (Phi) is 8.06. The molecule has 0 spiro atoms. The molecule has 0 saturated heterocycles. The third-order valence-electron chi connectivity index (χ3n) is 3.35. The predicted molar refractivity (Wildman–Crippen MR) is 108 cm³/mol. The smallest absolute Gasteiger partial charge is 0.271 e. The van der Waals surface area contributed by atoms with Gasteiger partial charge >= 0.3 is 0 Å². The van der Waals surface area contributed by atoms with E-state index in [0.717, 1.165) is 23.4 Å². The lowest BCUT2D eigenvalue weighted by atomic mass is 10.2. The van der Waals surface area contributed by atoms with Crippen LogP contribution in [0.4, 0.5) is 5.69 Å². The van der Waals surface area contributed by atoms with Crippen molar-refractivity contribution in [1.82, 2.24) is 15.3 Å². The maximum atomic E-state index is 12.3. The molecule has 2 N–H and O–H groups in total. The molecule has 2 aromatic rings. The maximum Gasteiger partial charge on any atom is 0.271 e. The molecule has 0 aliphatic heterocycles. The van der Waals surface area contributed by atoms with Gasteiger partial charge in [0.25, 0.3) is 5.91 Å². The summed E-state index contributed by atoms with van der Waals surface area (Å²) in [7, 11) is 0. The molecule has 1 aromatic carbocycles. The first kappa shape index (κ1) is 20.4. The van der Waals surface area contributed by atoms with Gasteiger partial charge < -0.3 is 10.6 Å². The highest BCUT2D eigenvalue weighted by Crippen LogP contribution is 2.19. The second kappa shape index (κ2) is 10.3. The molecule has 2 rings (SSSR count). The normalized spacial score (nSPS) is 10.4. The number of aromatic nitrogens is 2. The Hall–Kier alpha value is -1.93. The summed E-state index contributed by atoms with van der Waals surface area (Å²) >= 11 is 4.80. The molecule has 0 unspecified atom stereocenters. The van der Waals surface area contributed by atoms with Crippen molar-refractivity contribution >= 4 is 45.2 Å². The molecule has 0 aliphatic carbocycles. The predicted octanol–water partition coefficient (Wildman–Crippen LogP) is 3.81. The van der Waals surface area contributed by atoms with Crippen LogP contribution in [0.25, 0.3) is 0 Å². The molecule has 0 saturated carbocycles. The lowest BCUT2D eigenvalue weighted by Crippen LogP contribution is -2.28. The number of benzene rings is 1. The van der Waals surface area contributed by atoms with Crippen LogP contribution in [0.5, 0.6) is 0 Å². The van der Waals surface area contributed by atoms with Gasteiger partial charge in [-0.15, -0.1) is 0 Å². The average Bonchev–Trinajstić information content (AvgIpc) is 2.63. The molecule has 0 atom stereocenters. The highest BCUT2D eigenvalue weighted by atomic mass is 79.9. The average molecular weight is 437 g/mol. The fraction of sp³-hybridized carbons (Fsp3) is 0.333. The van der Waals surface area contributed by atoms with Crippen molar-refractivity contribution in [2.24, 2.45) is 0 Å². The number of halogens is 1. The topological polar surface area (TPSA) is 84.0 Å². The van der Waals surface area contributed by atoms with Gasteiger partial charge in [0.15, 0.2) is 5.16 Å². The first-order valence-electron chi connectivity index (χ1n) is 8.29. The van der Waals surface area contributed by atoms with Crippen LogP contribution in [0.1, 0.15) is 35.8 Å². The van der Waals surface area contributed by atoms with Gasteiger partial charge in [0.05, 0.1) is 4.47 Å². The van der Waals surface area contributed by atoms with Crippen molar-refractivity contribution in [3.8, 4) is 0 Å². The number of aryl methyl sites for hydroxylation is 1. The minimum Gasteiger partial charge on any atom is -0.350 e. The fourth-order valence-electron chi connectivity index (χ4n) is 2.01. The van der Waals surface area contributed by atoms with Crippen molar-refractivity contribution in [2.45, 2.75) is 31.8 Å². The number of carbonyl (C=O) groups is 2. The summed E-state index contributed by atoms with van der Waals surface area (Å²) in [6.07, 6.45) is 2.76. The van der Waals surface area contributed by atoms with Gasteiger partial charge in [0.2, 0.25) is 5.91 Å². The highest BCUT2D eigenvalue weighted by molar-refractivity contribution is 9.10. The van der Waals surface area contributed by atoms with Gasteiger partial charge in [-0.05, 0) is 41.4 Å². The molecule has 0 radical (unpaired) electrons. The summed E-state index contributed by atoms with van der Waals surface area (Å²) in [5.41, 5.74) is 2.14. The third-order valence-corrected chi connectivity index (χ3v) is 4.99. The van der Waals surface area contributed by atoms with Crippen molar-refractivity contribution in [3.63, 3.8) is 0 Å². The van der Waals surface area contributed by atoms with Crippen molar-refractivity contribution in [3.05, 3.63) is 46.2 Å². The second-order valence-corrected chi connectivity index (χ2v) is 7.53. The standard InChI is InChI=1S/C18H21BrN4O2S/c1-3-10-26-18-21-11-14(19)16(23-18)17(25)20-9-8-15(24)22-13-6-4-12(2)5-7-13/h4-7,11H,3,8-10H2,1-2H3,(H,20,25)(H,22,24). The minimum absolute atomic E-state index is 0.157. The minimum atomic E-state index is -0.333. The van der Waals surface area contributed by atoms with E-state index in [-0.39, 0.29) is 30.5 Å². The molecule has 0 aliphatic rings. The molecular weight excluding hydrogens is 416 g/mol. The summed E-state index contributed by atoms with van der Waals surface area (Å²) in [4.78, 5) is 32.7. The molecule has 0 bridgehead atoms. The Morgan fingerprint density at radius 3 is 2.65 bits per heavy atom. The van der Waals surface area contributed by atoms with E-state index < -0.39 is 0 Å². The number of rotatable bonds is 8. The molecular formula is C18H21BrN4O2S. The Morgan fingerprint density at radius 2 is 1.96 bits per heavy atom. The van der Waals surface area contributed by atoms with E-state index in [0.29, 0.717) is 9.63 Å². The maximum absolute atomic E-state index is 12.3. The van der Waals surface area contributed by atoms with Crippen molar-refractivity contribution in [2.75, 3.05) is 17.6 Å². The van der Waals surface area contributed by atoms with Gasteiger partial charge in [0, 0.05) is 30.6 Å². The van der Waals surface area contributed by atoms with Crippen molar-refractivity contribution in [1.29, 1.82) is 0 Å². The number of amides is 2. The zero-order valence-corrected chi connectivity index (χ0v) is 17.1. The van der Waals surface area contributed by atoms with Crippen molar-refractivity contribution < 1.29 is 9.59 Å². The van der Waals surface area contributed by atoms with Crippen LogP contribution < -0.4 is 10.6 Å². The molecule has 2 amide bonds. The molecule has 8 heteroatoms. The van der Waals surface area contributed by atoms with E-state index in [2.05, 4.69) is 43.5 Å². The Balaban J connectivity index is 1.84. The summed E-state index contributed by atoms with van der Waals surface area (Å²) in [5, 5.41) is 6.08. The van der Waals surface area contributed by atoms with Crippen LogP contribution in [0.15, 0.2) is 40.1 Å². The van der Waals surface area contributed by atoms with E-state index in [1.807, 2.05) is 31.2 Å². The van der Waals surface area contributed by atoms with Crippen LogP contribution in [0, 0.1) is 6.92 Å². The number of hydrogen-bond donors (Lipinski definition) is 2. The van der Waals surface area contributed by atoms with Crippen LogP contribution >= 0.6 is 27.7 Å². The third kappa shape index (κ3) is 6.42. The molecule has 138 valence electrons. The zero-order valence-electron chi connectivity index (χ0n) is 14.7. The molecule has 26 heavy (non-hydrogen) atoms. The SMILES string of the molecule is CCCSc1ncc(Br)c(C(=O)NCCC(=O)Nc2ccc(C)cc2)n1. The summed E-state index contributed by atoms with van der Waals surface area (Å²) < 4.78 is 0.528. The van der Waals surface area contributed by atoms with Gasteiger partial charge in [-0.25, -0.2) is 9.97 Å². The molecule has 6 nitrogen and oxygen atoms in total. The number of hydrogen-bond acceptors (Lipinski definition) is 5. The van der Waals surface area contributed by atoms with Gasteiger partial charge in [-0.1, -0.05) is 36.4 Å². The largest absolute Gasteiger partial charge is 0.350 e. The van der Waals surface area contributed by atoms with Crippen LogP contribution in [-0.2, 0) is 4.79 Å². The Labute approximate surface area is 165 Å².